The number of aliphatic hydroxyl groups excluding tert-OH is 1. The van der Waals surface area contributed by atoms with E-state index in [0.717, 1.165) is 5.57 Å². The monoisotopic (exact) mass is 286 g/mol. The minimum atomic E-state index is -3.54. The second kappa shape index (κ2) is 5.90. The number of likely N-dealkylation sites (N-methyl/N-ethyl adjacent to an activating group) is 1. The second-order valence-corrected chi connectivity index (χ2v) is 7.09. The third kappa shape index (κ3) is 3.46. The fraction of sp³-hybridized carbons (Fsp3) is 0.538. The molecule has 0 radical (unpaired) electrons. The number of hydrogen-bond acceptors (Lipinski definition) is 3. The molecule has 0 aliphatic carbocycles. The molecule has 0 unspecified atom stereocenters. The van der Waals surface area contributed by atoms with E-state index in [1.54, 1.807) is 17.7 Å². The number of sulfonamides is 1. The first-order chi connectivity index (χ1) is 8.70. The van der Waals surface area contributed by atoms with E-state index in [0.29, 0.717) is 5.69 Å². The molecule has 0 fully saturated rings. The van der Waals surface area contributed by atoms with Gasteiger partial charge < -0.3 is 9.67 Å². The Balaban J connectivity index is 3.18. The predicted octanol–water partition coefficient (Wildman–Crippen LogP) is 1.76. The molecule has 0 saturated carbocycles. The molecular formula is C13H22N2O3S. The molecule has 1 rings (SSSR count). The molecule has 0 aliphatic heterocycles. The lowest BCUT2D eigenvalue weighted by molar-refractivity contribution is 0.268. The standard InChI is InChI=1S/C13H22N2O3S/c1-10(2)7-14(5)19(17,18)13-6-12(9-16)15(8-13)11(3)4/h6,8,11,16H,1,7,9H2,2-5H3. The van der Waals surface area contributed by atoms with Gasteiger partial charge in [0.1, 0.15) is 4.90 Å². The Labute approximate surface area is 115 Å². The lowest BCUT2D eigenvalue weighted by atomic mass is 10.3. The summed E-state index contributed by atoms with van der Waals surface area (Å²) in [6, 6.07) is 1.61. The van der Waals surface area contributed by atoms with Crippen LogP contribution in [-0.2, 0) is 16.6 Å². The SMILES string of the molecule is C=C(C)CN(C)S(=O)(=O)c1cc(CO)n(C(C)C)c1. The maximum absolute atomic E-state index is 12.4. The summed E-state index contributed by atoms with van der Waals surface area (Å²) in [7, 11) is -2.02. The molecule has 6 heteroatoms. The van der Waals surface area contributed by atoms with Crippen molar-refractivity contribution < 1.29 is 13.5 Å². The van der Waals surface area contributed by atoms with Crippen LogP contribution in [0.2, 0.25) is 0 Å². The highest BCUT2D eigenvalue weighted by Gasteiger charge is 2.23. The molecule has 0 spiro atoms. The molecule has 0 bridgehead atoms. The Morgan fingerprint density at radius 1 is 1.53 bits per heavy atom. The van der Waals surface area contributed by atoms with Gasteiger partial charge in [0.2, 0.25) is 10.0 Å². The van der Waals surface area contributed by atoms with Gasteiger partial charge in [-0.05, 0) is 26.8 Å². The van der Waals surface area contributed by atoms with E-state index in [1.807, 2.05) is 13.8 Å². The number of nitrogens with zero attached hydrogens (tertiary/aromatic N) is 2. The van der Waals surface area contributed by atoms with Gasteiger partial charge in [-0.2, -0.15) is 4.31 Å². The molecule has 19 heavy (non-hydrogen) atoms. The lowest BCUT2D eigenvalue weighted by Crippen LogP contribution is -2.28. The summed E-state index contributed by atoms with van der Waals surface area (Å²) in [5.41, 5.74) is 1.37. The molecular weight excluding hydrogens is 264 g/mol. The Hall–Kier alpha value is -1.11. The van der Waals surface area contributed by atoms with Gasteiger partial charge in [0.05, 0.1) is 6.61 Å². The molecule has 1 aromatic heterocycles. The van der Waals surface area contributed by atoms with Gasteiger partial charge in [0.25, 0.3) is 0 Å². The molecule has 1 heterocycles. The third-order valence-electron chi connectivity index (χ3n) is 2.83. The zero-order valence-corrected chi connectivity index (χ0v) is 12.7. The smallest absolute Gasteiger partial charge is 0.244 e. The minimum absolute atomic E-state index is 0.0950. The maximum atomic E-state index is 12.4. The quantitative estimate of drug-likeness (QED) is 0.811. The molecule has 5 nitrogen and oxygen atoms in total. The normalized spacial score (nSPS) is 12.4. The number of aliphatic hydroxyl groups is 1. The van der Waals surface area contributed by atoms with E-state index in [-0.39, 0.29) is 24.1 Å². The summed E-state index contributed by atoms with van der Waals surface area (Å²) in [5, 5.41) is 9.29. The topological polar surface area (TPSA) is 62.5 Å². The van der Waals surface area contributed by atoms with Crippen molar-refractivity contribution in [2.45, 2.75) is 38.3 Å². The van der Waals surface area contributed by atoms with E-state index in [1.165, 1.54) is 17.4 Å². The van der Waals surface area contributed by atoms with E-state index in [9.17, 15) is 13.5 Å². The van der Waals surface area contributed by atoms with Crippen molar-refractivity contribution in [1.29, 1.82) is 0 Å². The first kappa shape index (κ1) is 15.9. The van der Waals surface area contributed by atoms with Crippen molar-refractivity contribution in [1.82, 2.24) is 8.87 Å². The number of rotatable bonds is 6. The highest BCUT2D eigenvalue weighted by atomic mass is 32.2. The van der Waals surface area contributed by atoms with Crippen LogP contribution < -0.4 is 0 Å². The molecule has 0 atom stereocenters. The van der Waals surface area contributed by atoms with Crippen LogP contribution in [0.25, 0.3) is 0 Å². The van der Waals surface area contributed by atoms with E-state index >= 15 is 0 Å². The van der Waals surface area contributed by atoms with Crippen molar-refractivity contribution in [3.05, 3.63) is 30.1 Å². The Kier molecular flexibility index (Phi) is 4.95. The van der Waals surface area contributed by atoms with Crippen LogP contribution in [0.4, 0.5) is 0 Å². The summed E-state index contributed by atoms with van der Waals surface area (Å²) in [6.45, 7) is 9.47. The van der Waals surface area contributed by atoms with Crippen molar-refractivity contribution in [3.63, 3.8) is 0 Å². The van der Waals surface area contributed by atoms with Crippen LogP contribution in [0.1, 0.15) is 32.5 Å². The van der Waals surface area contributed by atoms with Crippen LogP contribution in [-0.4, -0.2) is 36.0 Å². The van der Waals surface area contributed by atoms with Gasteiger partial charge in [-0.25, -0.2) is 8.42 Å². The van der Waals surface area contributed by atoms with Gasteiger partial charge in [-0.3, -0.25) is 0 Å². The van der Waals surface area contributed by atoms with E-state index in [2.05, 4.69) is 6.58 Å². The van der Waals surface area contributed by atoms with Crippen molar-refractivity contribution in [3.8, 4) is 0 Å². The Morgan fingerprint density at radius 3 is 2.47 bits per heavy atom. The van der Waals surface area contributed by atoms with Gasteiger partial charge >= 0.3 is 0 Å². The first-order valence-corrected chi connectivity index (χ1v) is 7.56. The zero-order chi connectivity index (χ0) is 14.8. The number of aromatic nitrogens is 1. The third-order valence-corrected chi connectivity index (χ3v) is 4.59. The molecule has 1 N–H and O–H groups in total. The fourth-order valence-corrected chi connectivity index (χ4v) is 3.17. The van der Waals surface area contributed by atoms with Gasteiger partial charge in [0.15, 0.2) is 0 Å². The van der Waals surface area contributed by atoms with Crippen LogP contribution >= 0.6 is 0 Å². The predicted molar refractivity (Wildman–Crippen MR) is 75.4 cm³/mol. The summed E-state index contributed by atoms with van der Waals surface area (Å²) in [5.74, 6) is 0. The largest absolute Gasteiger partial charge is 0.390 e. The summed E-state index contributed by atoms with van der Waals surface area (Å²) >= 11 is 0. The molecule has 0 amide bonds. The molecule has 0 aliphatic rings. The van der Waals surface area contributed by atoms with Gasteiger partial charge in [-0.15, -0.1) is 0 Å². The van der Waals surface area contributed by atoms with E-state index in [4.69, 9.17) is 0 Å². The Bertz CT molecular complexity index is 558. The highest BCUT2D eigenvalue weighted by Crippen LogP contribution is 2.21. The van der Waals surface area contributed by atoms with E-state index < -0.39 is 10.0 Å². The highest BCUT2D eigenvalue weighted by molar-refractivity contribution is 7.89. The van der Waals surface area contributed by atoms with Gasteiger partial charge in [0, 0.05) is 31.5 Å². The molecule has 1 aromatic rings. The average molecular weight is 286 g/mol. The number of hydrogen-bond donors (Lipinski definition) is 1. The van der Waals surface area contributed by atoms with Crippen molar-refractivity contribution in [2.24, 2.45) is 0 Å². The van der Waals surface area contributed by atoms with Crippen LogP contribution in [0.3, 0.4) is 0 Å². The van der Waals surface area contributed by atoms with Crippen molar-refractivity contribution in [2.75, 3.05) is 13.6 Å². The average Bonchev–Trinajstić information content (AvgIpc) is 2.72. The van der Waals surface area contributed by atoms with Crippen LogP contribution in [0, 0.1) is 0 Å². The fourth-order valence-electron chi connectivity index (χ4n) is 1.89. The van der Waals surface area contributed by atoms with Crippen molar-refractivity contribution >= 4 is 10.0 Å². The van der Waals surface area contributed by atoms with Crippen LogP contribution in [0.15, 0.2) is 29.3 Å². The Morgan fingerprint density at radius 2 is 2.11 bits per heavy atom. The molecule has 0 saturated heterocycles. The first-order valence-electron chi connectivity index (χ1n) is 6.12. The van der Waals surface area contributed by atoms with Crippen LogP contribution in [0.5, 0.6) is 0 Å². The van der Waals surface area contributed by atoms with Gasteiger partial charge in [-0.1, -0.05) is 12.2 Å². The second-order valence-electron chi connectivity index (χ2n) is 5.04. The lowest BCUT2D eigenvalue weighted by Gasteiger charge is -2.16. The molecule has 108 valence electrons. The summed E-state index contributed by atoms with van der Waals surface area (Å²) in [4.78, 5) is 0.203. The summed E-state index contributed by atoms with van der Waals surface area (Å²) in [6.07, 6.45) is 1.57. The minimum Gasteiger partial charge on any atom is -0.390 e. The summed E-state index contributed by atoms with van der Waals surface area (Å²) < 4.78 is 27.7. The maximum Gasteiger partial charge on any atom is 0.244 e. The zero-order valence-electron chi connectivity index (χ0n) is 11.9. The molecule has 0 aromatic carbocycles.